The van der Waals surface area contributed by atoms with Crippen LogP contribution in [0.5, 0.6) is 0 Å². The molecule has 1 aliphatic rings. The molecule has 0 saturated carbocycles. The fourth-order valence-electron chi connectivity index (χ4n) is 3.28. The number of piperazine rings is 1. The van der Waals surface area contributed by atoms with Gasteiger partial charge in [0.15, 0.2) is 5.76 Å². The Labute approximate surface area is 165 Å². The largest absolute Gasteiger partial charge is 0.459 e. The van der Waals surface area contributed by atoms with Crippen LogP contribution in [0.15, 0.2) is 41.1 Å². The minimum Gasteiger partial charge on any atom is -0.459 e. The Bertz CT molecular complexity index is 750. The van der Waals surface area contributed by atoms with Gasteiger partial charge < -0.3 is 19.5 Å². The van der Waals surface area contributed by atoms with Gasteiger partial charge in [-0.2, -0.15) is 0 Å². The lowest BCUT2D eigenvalue weighted by atomic mass is 10.1. The molecule has 2 amide bonds. The summed E-state index contributed by atoms with van der Waals surface area (Å²) in [6.45, 7) is 4.82. The van der Waals surface area contributed by atoms with Crippen molar-refractivity contribution in [1.82, 2.24) is 9.88 Å². The molecule has 0 aliphatic carbocycles. The van der Waals surface area contributed by atoms with Gasteiger partial charge in [0.1, 0.15) is 5.82 Å². The van der Waals surface area contributed by atoms with E-state index < -0.39 is 0 Å². The van der Waals surface area contributed by atoms with Gasteiger partial charge >= 0.3 is 0 Å². The Hall–Kier alpha value is -2.83. The molecule has 0 aromatic carbocycles. The molecule has 2 aromatic rings. The summed E-state index contributed by atoms with van der Waals surface area (Å²) < 4.78 is 5.19. The summed E-state index contributed by atoms with van der Waals surface area (Å²) in [6, 6.07) is 7.20. The van der Waals surface area contributed by atoms with Crippen LogP contribution >= 0.6 is 0 Å². The molecule has 1 fully saturated rings. The fourth-order valence-corrected chi connectivity index (χ4v) is 3.28. The molecule has 1 aliphatic heterocycles. The van der Waals surface area contributed by atoms with Crippen molar-refractivity contribution < 1.29 is 14.0 Å². The highest BCUT2D eigenvalue weighted by Gasteiger charge is 2.24. The maximum Gasteiger partial charge on any atom is 0.289 e. The zero-order chi connectivity index (χ0) is 19.8. The highest BCUT2D eigenvalue weighted by Crippen LogP contribution is 2.18. The molecule has 0 radical (unpaired) electrons. The number of nitrogens with zero attached hydrogens (tertiary/aromatic N) is 3. The van der Waals surface area contributed by atoms with Crippen LogP contribution in [0, 0.1) is 0 Å². The topological polar surface area (TPSA) is 78.7 Å². The molecule has 3 rings (SSSR count). The predicted octanol–water partition coefficient (Wildman–Crippen LogP) is 3.55. The van der Waals surface area contributed by atoms with Crippen LogP contribution in [0.4, 0.5) is 11.5 Å². The highest BCUT2D eigenvalue weighted by molar-refractivity contribution is 5.91. The number of rotatable bonds is 8. The molecular formula is C21H28N4O3. The molecule has 2 aromatic heterocycles. The monoisotopic (exact) mass is 384 g/mol. The minimum absolute atomic E-state index is 0.0377. The smallest absolute Gasteiger partial charge is 0.289 e. The SMILES string of the molecule is CCCCCCC(=O)Nc1ccc(N2CCN(C(=O)c3ccco3)CC2)nc1. The summed E-state index contributed by atoms with van der Waals surface area (Å²) in [6.07, 6.45) is 8.11. The number of unbranched alkanes of at least 4 members (excludes halogenated alkanes) is 3. The van der Waals surface area contributed by atoms with Gasteiger partial charge in [-0.25, -0.2) is 4.98 Å². The van der Waals surface area contributed by atoms with Crippen molar-refractivity contribution >= 4 is 23.3 Å². The van der Waals surface area contributed by atoms with Gasteiger partial charge in [0.2, 0.25) is 5.91 Å². The Morgan fingerprint density at radius 1 is 1.11 bits per heavy atom. The molecule has 0 bridgehead atoms. The van der Waals surface area contributed by atoms with Crippen molar-refractivity contribution in [2.75, 3.05) is 36.4 Å². The summed E-state index contributed by atoms with van der Waals surface area (Å²) in [5.41, 5.74) is 0.718. The van der Waals surface area contributed by atoms with Crippen molar-refractivity contribution in [2.24, 2.45) is 0 Å². The van der Waals surface area contributed by atoms with Crippen molar-refractivity contribution in [2.45, 2.75) is 39.0 Å². The number of pyridine rings is 1. The van der Waals surface area contributed by atoms with E-state index in [2.05, 4.69) is 22.1 Å². The van der Waals surface area contributed by atoms with E-state index >= 15 is 0 Å². The standard InChI is InChI=1S/C21H28N4O3/c1-2-3-4-5-8-20(26)23-17-9-10-19(22-16-17)24-11-13-25(14-12-24)21(27)18-7-6-15-28-18/h6-7,9-10,15-16H,2-5,8,11-14H2,1H3,(H,23,26). The molecule has 3 heterocycles. The number of amides is 2. The summed E-state index contributed by atoms with van der Waals surface area (Å²) in [5, 5.41) is 2.90. The molecule has 0 spiro atoms. The number of hydrogen-bond donors (Lipinski definition) is 1. The van der Waals surface area contributed by atoms with Crippen LogP contribution in [0.3, 0.4) is 0 Å². The van der Waals surface area contributed by atoms with Crippen LogP contribution in [-0.2, 0) is 4.79 Å². The van der Waals surface area contributed by atoms with Crippen molar-refractivity contribution in [3.63, 3.8) is 0 Å². The second-order valence-corrected chi connectivity index (χ2v) is 7.02. The predicted molar refractivity (Wildman–Crippen MR) is 108 cm³/mol. The van der Waals surface area contributed by atoms with E-state index in [0.717, 1.165) is 30.8 Å². The van der Waals surface area contributed by atoms with Crippen LogP contribution < -0.4 is 10.2 Å². The lowest BCUT2D eigenvalue weighted by molar-refractivity contribution is -0.116. The molecule has 28 heavy (non-hydrogen) atoms. The third-order valence-corrected chi connectivity index (χ3v) is 4.91. The van der Waals surface area contributed by atoms with Gasteiger partial charge in [-0.3, -0.25) is 9.59 Å². The number of carbonyl (C=O) groups excluding carboxylic acids is 2. The third-order valence-electron chi connectivity index (χ3n) is 4.91. The lowest BCUT2D eigenvalue weighted by Crippen LogP contribution is -2.49. The molecule has 1 N–H and O–H groups in total. The fraction of sp³-hybridized carbons (Fsp3) is 0.476. The molecule has 0 atom stereocenters. The van der Waals surface area contributed by atoms with Crippen LogP contribution in [0.2, 0.25) is 0 Å². The van der Waals surface area contributed by atoms with Crippen LogP contribution in [-0.4, -0.2) is 47.9 Å². The highest BCUT2D eigenvalue weighted by atomic mass is 16.3. The summed E-state index contributed by atoms with van der Waals surface area (Å²) in [7, 11) is 0. The maximum absolute atomic E-state index is 12.3. The van der Waals surface area contributed by atoms with E-state index in [1.165, 1.54) is 12.7 Å². The minimum atomic E-state index is -0.0744. The summed E-state index contributed by atoms with van der Waals surface area (Å²) >= 11 is 0. The Morgan fingerprint density at radius 2 is 1.93 bits per heavy atom. The van der Waals surface area contributed by atoms with Gasteiger partial charge in [-0.1, -0.05) is 26.2 Å². The van der Waals surface area contributed by atoms with Crippen molar-refractivity contribution in [3.05, 3.63) is 42.5 Å². The second-order valence-electron chi connectivity index (χ2n) is 7.02. The maximum atomic E-state index is 12.3. The number of furan rings is 1. The van der Waals surface area contributed by atoms with E-state index in [4.69, 9.17) is 4.42 Å². The van der Waals surface area contributed by atoms with Crippen molar-refractivity contribution in [3.8, 4) is 0 Å². The number of carbonyl (C=O) groups is 2. The van der Waals surface area contributed by atoms with E-state index in [1.807, 2.05) is 12.1 Å². The second kappa shape index (κ2) is 9.92. The first kappa shape index (κ1) is 19.9. The van der Waals surface area contributed by atoms with E-state index in [1.54, 1.807) is 23.2 Å². The number of anilines is 2. The van der Waals surface area contributed by atoms with Crippen LogP contribution in [0.1, 0.15) is 49.6 Å². The summed E-state index contributed by atoms with van der Waals surface area (Å²) in [5.74, 6) is 1.19. The lowest BCUT2D eigenvalue weighted by Gasteiger charge is -2.35. The van der Waals surface area contributed by atoms with E-state index in [-0.39, 0.29) is 11.8 Å². The zero-order valence-corrected chi connectivity index (χ0v) is 16.4. The first-order chi connectivity index (χ1) is 13.7. The average molecular weight is 384 g/mol. The van der Waals surface area contributed by atoms with Gasteiger partial charge in [0.05, 0.1) is 18.1 Å². The van der Waals surface area contributed by atoms with Gasteiger partial charge in [0, 0.05) is 32.6 Å². The first-order valence-electron chi connectivity index (χ1n) is 10.0. The van der Waals surface area contributed by atoms with Gasteiger partial charge in [-0.15, -0.1) is 0 Å². The molecule has 150 valence electrons. The zero-order valence-electron chi connectivity index (χ0n) is 16.4. The van der Waals surface area contributed by atoms with Gasteiger partial charge in [-0.05, 0) is 30.7 Å². The average Bonchev–Trinajstić information content (AvgIpc) is 3.26. The Kier molecular flexibility index (Phi) is 7.06. The molecule has 7 heteroatoms. The van der Waals surface area contributed by atoms with Crippen LogP contribution in [0.25, 0.3) is 0 Å². The molecule has 1 saturated heterocycles. The third kappa shape index (κ3) is 5.34. The molecule has 0 unspecified atom stereocenters. The van der Waals surface area contributed by atoms with Crippen molar-refractivity contribution in [1.29, 1.82) is 0 Å². The Morgan fingerprint density at radius 3 is 2.57 bits per heavy atom. The van der Waals surface area contributed by atoms with E-state index in [9.17, 15) is 9.59 Å². The number of aromatic nitrogens is 1. The Balaban J connectivity index is 1.45. The summed E-state index contributed by atoms with van der Waals surface area (Å²) in [4.78, 5) is 32.7. The normalized spacial score (nSPS) is 14.2. The molecule has 7 nitrogen and oxygen atoms in total. The first-order valence-corrected chi connectivity index (χ1v) is 10.0. The van der Waals surface area contributed by atoms with E-state index in [0.29, 0.717) is 38.4 Å². The number of hydrogen-bond acceptors (Lipinski definition) is 5. The quantitative estimate of drug-likeness (QED) is 0.704. The number of nitrogens with one attached hydrogen (secondary N) is 1. The van der Waals surface area contributed by atoms with Gasteiger partial charge in [0.25, 0.3) is 5.91 Å². The molecular weight excluding hydrogens is 356 g/mol.